The summed E-state index contributed by atoms with van der Waals surface area (Å²) in [6.45, 7) is 6.60. The quantitative estimate of drug-likeness (QED) is 0.736. The lowest BCUT2D eigenvalue weighted by Crippen LogP contribution is -2.44. The highest BCUT2D eigenvalue weighted by Gasteiger charge is 2.23. The van der Waals surface area contributed by atoms with Crippen LogP contribution in [0.5, 0.6) is 0 Å². The molecule has 3 nitrogen and oxygen atoms in total. The predicted molar refractivity (Wildman–Crippen MR) is 57.3 cm³/mol. The molecule has 0 spiro atoms. The Hall–Kier alpha value is -0.120. The van der Waals surface area contributed by atoms with E-state index in [1.807, 2.05) is 0 Å². The minimum atomic E-state index is -0.127. The van der Waals surface area contributed by atoms with Crippen LogP contribution in [0, 0.1) is 0 Å². The average Bonchev–Trinajstić information content (AvgIpc) is 2.27. The molecule has 0 bridgehead atoms. The van der Waals surface area contributed by atoms with E-state index >= 15 is 0 Å². The van der Waals surface area contributed by atoms with Gasteiger partial charge in [0.15, 0.2) is 0 Å². The highest BCUT2D eigenvalue weighted by atomic mass is 16.5. The fourth-order valence-corrected chi connectivity index (χ4v) is 1.58. The Balaban J connectivity index is 2.23. The van der Waals surface area contributed by atoms with Gasteiger partial charge < -0.3 is 15.2 Å². The van der Waals surface area contributed by atoms with Gasteiger partial charge in [0.25, 0.3) is 0 Å². The molecule has 0 unspecified atom stereocenters. The molecule has 1 fully saturated rings. The lowest BCUT2D eigenvalue weighted by molar-refractivity contribution is -0.0479. The monoisotopic (exact) mass is 201 g/mol. The van der Waals surface area contributed by atoms with Gasteiger partial charge >= 0.3 is 0 Å². The highest BCUT2D eigenvalue weighted by molar-refractivity contribution is 4.81. The third-order valence-electron chi connectivity index (χ3n) is 3.18. The van der Waals surface area contributed by atoms with E-state index in [1.165, 1.54) is 0 Å². The number of hydrogen-bond donors (Lipinski definition) is 1. The number of rotatable bonds is 5. The normalized spacial score (nSPS) is 19.9. The molecule has 1 saturated heterocycles. The molecule has 84 valence electrons. The van der Waals surface area contributed by atoms with Gasteiger partial charge in [0.1, 0.15) is 0 Å². The van der Waals surface area contributed by atoms with Crippen LogP contribution in [0.1, 0.15) is 39.5 Å². The summed E-state index contributed by atoms with van der Waals surface area (Å²) in [7, 11) is 0. The number of hydrogen-bond acceptors (Lipinski definition) is 3. The minimum Gasteiger partial charge on any atom is -0.381 e. The summed E-state index contributed by atoms with van der Waals surface area (Å²) in [5, 5.41) is 0. The third kappa shape index (κ3) is 3.56. The van der Waals surface area contributed by atoms with E-state index in [0.717, 1.165) is 38.9 Å². The molecular weight excluding hydrogens is 178 g/mol. The molecule has 14 heavy (non-hydrogen) atoms. The summed E-state index contributed by atoms with van der Waals surface area (Å²) >= 11 is 0. The van der Waals surface area contributed by atoms with Gasteiger partial charge in [-0.15, -0.1) is 0 Å². The van der Waals surface area contributed by atoms with E-state index in [9.17, 15) is 0 Å². The molecule has 1 heterocycles. The van der Waals surface area contributed by atoms with Crippen molar-refractivity contribution in [2.45, 2.75) is 51.2 Å². The maximum absolute atomic E-state index is 6.16. The van der Waals surface area contributed by atoms with E-state index in [1.54, 1.807) is 0 Å². The second-order valence-corrected chi connectivity index (χ2v) is 4.19. The Morgan fingerprint density at radius 1 is 1.29 bits per heavy atom. The molecule has 0 aromatic carbocycles. The molecular formula is C11H23NO2. The first-order chi connectivity index (χ1) is 6.70. The Bertz CT molecular complexity index is 151. The second kappa shape index (κ2) is 5.69. The van der Waals surface area contributed by atoms with Crippen molar-refractivity contribution in [2.75, 3.05) is 19.8 Å². The van der Waals surface area contributed by atoms with E-state index in [-0.39, 0.29) is 5.54 Å². The average molecular weight is 201 g/mol. The Morgan fingerprint density at radius 3 is 2.36 bits per heavy atom. The van der Waals surface area contributed by atoms with Gasteiger partial charge in [0.2, 0.25) is 0 Å². The summed E-state index contributed by atoms with van der Waals surface area (Å²) in [5.41, 5.74) is 6.03. The molecule has 0 radical (unpaired) electrons. The number of nitrogens with two attached hydrogens (primary N) is 1. The molecule has 3 heteroatoms. The Kier molecular flexibility index (Phi) is 4.85. The van der Waals surface area contributed by atoms with Crippen LogP contribution >= 0.6 is 0 Å². The smallest absolute Gasteiger partial charge is 0.0649 e. The van der Waals surface area contributed by atoms with Gasteiger partial charge in [-0.3, -0.25) is 0 Å². The van der Waals surface area contributed by atoms with Crippen LogP contribution < -0.4 is 5.73 Å². The van der Waals surface area contributed by atoms with Crippen molar-refractivity contribution in [2.24, 2.45) is 5.73 Å². The summed E-state index contributed by atoms with van der Waals surface area (Å²) < 4.78 is 11.1. The Labute approximate surface area is 86.9 Å². The topological polar surface area (TPSA) is 44.5 Å². The van der Waals surface area contributed by atoms with Crippen molar-refractivity contribution < 1.29 is 9.47 Å². The fourth-order valence-electron chi connectivity index (χ4n) is 1.58. The van der Waals surface area contributed by atoms with Crippen LogP contribution in [0.15, 0.2) is 0 Å². The first kappa shape index (κ1) is 12.0. The summed E-state index contributed by atoms with van der Waals surface area (Å²) in [6, 6.07) is 0. The molecule has 1 aliphatic heterocycles. The van der Waals surface area contributed by atoms with E-state index in [0.29, 0.717) is 12.7 Å². The lowest BCUT2D eigenvalue weighted by atomic mass is 9.95. The van der Waals surface area contributed by atoms with Crippen LogP contribution in [-0.2, 0) is 9.47 Å². The van der Waals surface area contributed by atoms with Gasteiger partial charge in [0, 0.05) is 18.8 Å². The zero-order valence-electron chi connectivity index (χ0n) is 9.42. The maximum atomic E-state index is 6.16. The first-order valence-corrected chi connectivity index (χ1v) is 5.68. The SMILES string of the molecule is CCC(N)(CC)COC1CCOCC1. The van der Waals surface area contributed by atoms with Gasteiger partial charge in [-0.1, -0.05) is 13.8 Å². The van der Waals surface area contributed by atoms with Crippen LogP contribution in [0.4, 0.5) is 0 Å². The van der Waals surface area contributed by atoms with Crippen LogP contribution in [0.25, 0.3) is 0 Å². The molecule has 0 aromatic rings. The van der Waals surface area contributed by atoms with Crippen molar-refractivity contribution in [1.82, 2.24) is 0 Å². The molecule has 1 rings (SSSR count). The molecule has 2 N–H and O–H groups in total. The lowest BCUT2D eigenvalue weighted by Gasteiger charge is -2.30. The molecule has 0 atom stereocenters. The standard InChI is InChI=1S/C11H23NO2/c1-3-11(12,4-2)9-14-10-5-7-13-8-6-10/h10H,3-9,12H2,1-2H3. The fraction of sp³-hybridized carbons (Fsp3) is 1.00. The van der Waals surface area contributed by atoms with Gasteiger partial charge in [-0.25, -0.2) is 0 Å². The summed E-state index contributed by atoms with van der Waals surface area (Å²) in [5.74, 6) is 0. The van der Waals surface area contributed by atoms with Crippen LogP contribution in [0.2, 0.25) is 0 Å². The third-order valence-corrected chi connectivity index (χ3v) is 3.18. The zero-order valence-corrected chi connectivity index (χ0v) is 9.42. The maximum Gasteiger partial charge on any atom is 0.0649 e. The molecule has 0 saturated carbocycles. The Morgan fingerprint density at radius 2 is 1.86 bits per heavy atom. The van der Waals surface area contributed by atoms with Gasteiger partial charge in [0.05, 0.1) is 12.7 Å². The van der Waals surface area contributed by atoms with Gasteiger partial charge in [-0.2, -0.15) is 0 Å². The number of ether oxygens (including phenoxy) is 2. The van der Waals surface area contributed by atoms with E-state index in [4.69, 9.17) is 15.2 Å². The van der Waals surface area contributed by atoms with Crippen LogP contribution in [0.3, 0.4) is 0 Å². The van der Waals surface area contributed by atoms with Crippen LogP contribution in [-0.4, -0.2) is 31.5 Å². The zero-order chi connectivity index (χ0) is 10.4. The molecule has 1 aliphatic rings. The van der Waals surface area contributed by atoms with Crippen molar-refractivity contribution in [3.63, 3.8) is 0 Å². The summed E-state index contributed by atoms with van der Waals surface area (Å²) in [4.78, 5) is 0. The highest BCUT2D eigenvalue weighted by Crippen LogP contribution is 2.16. The molecule has 0 amide bonds. The van der Waals surface area contributed by atoms with E-state index in [2.05, 4.69) is 13.8 Å². The molecule has 0 aliphatic carbocycles. The predicted octanol–water partition coefficient (Wildman–Crippen LogP) is 1.70. The first-order valence-electron chi connectivity index (χ1n) is 5.68. The van der Waals surface area contributed by atoms with Crippen molar-refractivity contribution in [3.05, 3.63) is 0 Å². The second-order valence-electron chi connectivity index (χ2n) is 4.19. The van der Waals surface area contributed by atoms with E-state index < -0.39 is 0 Å². The summed E-state index contributed by atoms with van der Waals surface area (Å²) in [6.07, 6.45) is 4.36. The minimum absolute atomic E-state index is 0.127. The van der Waals surface area contributed by atoms with Crippen molar-refractivity contribution in [3.8, 4) is 0 Å². The van der Waals surface area contributed by atoms with Gasteiger partial charge in [-0.05, 0) is 25.7 Å². The molecule has 0 aromatic heterocycles. The van der Waals surface area contributed by atoms with Crippen molar-refractivity contribution in [1.29, 1.82) is 0 Å². The van der Waals surface area contributed by atoms with Crippen molar-refractivity contribution >= 4 is 0 Å². The largest absolute Gasteiger partial charge is 0.381 e.